The number of likely N-dealkylation sites (N-methyl/N-ethyl adjacent to an activating group) is 1. The number of carbonyl (C=O) groups excluding carboxylic acids is 1. The van der Waals surface area contributed by atoms with Crippen LogP contribution < -0.4 is 5.32 Å². The third-order valence-electron chi connectivity index (χ3n) is 4.03. The summed E-state index contributed by atoms with van der Waals surface area (Å²) in [5.41, 5.74) is 2.29. The maximum atomic E-state index is 12.5. The van der Waals surface area contributed by atoms with Crippen molar-refractivity contribution in [3.63, 3.8) is 0 Å². The van der Waals surface area contributed by atoms with Gasteiger partial charge >= 0.3 is 0 Å². The first kappa shape index (κ1) is 16.6. The number of fused-ring (bicyclic) bond motifs is 1. The molecule has 1 atom stereocenters. The normalized spacial score (nSPS) is 12.7. The largest absolute Gasteiger partial charge is 0.350 e. The number of hydrogen-bond donors (Lipinski definition) is 1. The van der Waals surface area contributed by atoms with Gasteiger partial charge < -0.3 is 10.2 Å². The smallest absolute Gasteiger partial charge is 0.251 e. The van der Waals surface area contributed by atoms with Crippen LogP contribution in [0.1, 0.15) is 28.2 Å². The highest BCUT2D eigenvalue weighted by Crippen LogP contribution is 2.22. The Labute approximate surface area is 145 Å². The lowest BCUT2D eigenvalue weighted by atomic mass is 10.1. The van der Waals surface area contributed by atoms with Gasteiger partial charge in [-0.15, -0.1) is 16.4 Å². The van der Waals surface area contributed by atoms with Crippen LogP contribution in [0.3, 0.4) is 0 Å². The molecule has 2 heterocycles. The van der Waals surface area contributed by atoms with Crippen LogP contribution in [0.5, 0.6) is 0 Å². The Bertz CT molecular complexity index is 825. The average molecular weight is 343 g/mol. The first-order valence-corrected chi connectivity index (χ1v) is 8.79. The minimum Gasteiger partial charge on any atom is -0.350 e. The number of nitrogens with zero attached hydrogens (tertiary/aromatic N) is 4. The fourth-order valence-electron chi connectivity index (χ4n) is 2.66. The summed E-state index contributed by atoms with van der Waals surface area (Å²) >= 11 is 1.70. The van der Waals surface area contributed by atoms with Crippen molar-refractivity contribution in [2.45, 2.75) is 19.5 Å². The van der Waals surface area contributed by atoms with Crippen molar-refractivity contribution in [2.75, 3.05) is 20.6 Å². The molecule has 3 aromatic rings. The van der Waals surface area contributed by atoms with Crippen LogP contribution in [0.25, 0.3) is 11.0 Å². The monoisotopic (exact) mass is 343 g/mol. The van der Waals surface area contributed by atoms with E-state index in [1.165, 1.54) is 4.88 Å². The molecular weight excluding hydrogens is 322 g/mol. The standard InChI is InChI=1S/C17H21N5OS/c1-4-22-14-8-7-12(10-13(14)19-20-22)17(23)18-11-15(21(2)3)16-6-5-9-24-16/h5-10,15H,4,11H2,1-3H3,(H,18,23). The van der Waals surface area contributed by atoms with Gasteiger partial charge in [-0.05, 0) is 50.7 Å². The van der Waals surface area contributed by atoms with Crippen molar-refractivity contribution in [1.82, 2.24) is 25.2 Å². The van der Waals surface area contributed by atoms with Crippen LogP contribution in [0, 0.1) is 0 Å². The summed E-state index contributed by atoms with van der Waals surface area (Å²) < 4.78 is 1.82. The molecule has 6 nitrogen and oxygen atoms in total. The number of rotatable bonds is 6. The molecule has 0 spiro atoms. The van der Waals surface area contributed by atoms with E-state index in [1.807, 2.05) is 43.9 Å². The Kier molecular flexibility index (Phi) is 4.92. The average Bonchev–Trinajstić information content (AvgIpc) is 3.23. The molecule has 0 saturated heterocycles. The zero-order chi connectivity index (χ0) is 17.1. The van der Waals surface area contributed by atoms with Crippen molar-refractivity contribution in [1.29, 1.82) is 0 Å². The Hall–Kier alpha value is -2.25. The summed E-state index contributed by atoms with van der Waals surface area (Å²) in [5.74, 6) is -0.0913. The molecule has 24 heavy (non-hydrogen) atoms. The van der Waals surface area contributed by atoms with Gasteiger partial charge in [0.2, 0.25) is 0 Å². The molecule has 0 saturated carbocycles. The van der Waals surface area contributed by atoms with Gasteiger partial charge in [0.15, 0.2) is 0 Å². The maximum Gasteiger partial charge on any atom is 0.251 e. The third kappa shape index (κ3) is 3.32. The number of hydrogen-bond acceptors (Lipinski definition) is 5. The Morgan fingerprint density at radius 3 is 2.88 bits per heavy atom. The molecule has 1 unspecified atom stereocenters. The molecule has 7 heteroatoms. The second kappa shape index (κ2) is 7.11. The van der Waals surface area contributed by atoms with E-state index in [9.17, 15) is 4.79 Å². The lowest BCUT2D eigenvalue weighted by molar-refractivity contribution is 0.0942. The van der Waals surface area contributed by atoms with Crippen molar-refractivity contribution in [3.05, 3.63) is 46.2 Å². The summed E-state index contributed by atoms with van der Waals surface area (Å²) in [6.07, 6.45) is 0. The molecule has 0 fully saturated rings. The Balaban J connectivity index is 1.72. The van der Waals surface area contributed by atoms with E-state index in [2.05, 4.69) is 32.0 Å². The molecule has 0 aliphatic rings. The first-order chi connectivity index (χ1) is 11.6. The fraction of sp³-hybridized carbons (Fsp3) is 0.353. The summed E-state index contributed by atoms with van der Waals surface area (Å²) in [4.78, 5) is 15.8. The molecule has 2 aromatic heterocycles. The van der Waals surface area contributed by atoms with Crippen LogP contribution >= 0.6 is 11.3 Å². The second-order valence-corrected chi connectivity index (χ2v) is 6.79. The number of thiophene rings is 1. The molecule has 0 bridgehead atoms. The predicted octanol–water partition coefficient (Wildman–Crippen LogP) is 2.55. The van der Waals surface area contributed by atoms with Gasteiger partial charge in [-0.3, -0.25) is 4.79 Å². The van der Waals surface area contributed by atoms with Crippen LogP contribution in [-0.4, -0.2) is 46.4 Å². The highest BCUT2D eigenvalue weighted by atomic mass is 32.1. The fourth-order valence-corrected chi connectivity index (χ4v) is 3.58. The van der Waals surface area contributed by atoms with Gasteiger partial charge in [-0.25, -0.2) is 4.68 Å². The zero-order valence-corrected chi connectivity index (χ0v) is 14.9. The van der Waals surface area contributed by atoms with Gasteiger partial charge in [-0.1, -0.05) is 11.3 Å². The number of aryl methyl sites for hydroxylation is 1. The van der Waals surface area contributed by atoms with E-state index in [-0.39, 0.29) is 11.9 Å². The number of aromatic nitrogens is 3. The third-order valence-corrected chi connectivity index (χ3v) is 5.00. The van der Waals surface area contributed by atoms with Crippen molar-refractivity contribution in [3.8, 4) is 0 Å². The quantitative estimate of drug-likeness (QED) is 0.747. The van der Waals surface area contributed by atoms with Gasteiger partial charge in [-0.2, -0.15) is 0 Å². The molecule has 0 radical (unpaired) electrons. The van der Waals surface area contributed by atoms with Crippen LogP contribution in [0.2, 0.25) is 0 Å². The lowest BCUT2D eigenvalue weighted by Crippen LogP contribution is -2.34. The summed E-state index contributed by atoms with van der Waals surface area (Å²) in [6, 6.07) is 9.80. The van der Waals surface area contributed by atoms with E-state index in [1.54, 1.807) is 17.4 Å². The summed E-state index contributed by atoms with van der Waals surface area (Å²) in [5, 5.41) is 13.3. The minimum atomic E-state index is -0.0913. The van der Waals surface area contributed by atoms with Gasteiger partial charge in [0.1, 0.15) is 5.52 Å². The molecule has 0 aliphatic carbocycles. The number of benzene rings is 1. The van der Waals surface area contributed by atoms with Gasteiger partial charge in [0.05, 0.1) is 11.6 Å². The second-order valence-electron chi connectivity index (χ2n) is 5.81. The van der Waals surface area contributed by atoms with E-state index < -0.39 is 0 Å². The van der Waals surface area contributed by atoms with Crippen LogP contribution in [0.15, 0.2) is 35.7 Å². The zero-order valence-electron chi connectivity index (χ0n) is 14.1. The molecular formula is C17H21N5OS. The number of nitrogens with one attached hydrogen (secondary N) is 1. The number of amides is 1. The van der Waals surface area contributed by atoms with Crippen LogP contribution in [-0.2, 0) is 6.54 Å². The molecule has 126 valence electrons. The first-order valence-electron chi connectivity index (χ1n) is 7.91. The topological polar surface area (TPSA) is 63.1 Å². The lowest BCUT2D eigenvalue weighted by Gasteiger charge is -2.23. The SMILES string of the molecule is CCn1nnc2cc(C(=O)NCC(c3cccs3)N(C)C)ccc21. The van der Waals surface area contributed by atoms with Crippen molar-refractivity contribution < 1.29 is 4.79 Å². The van der Waals surface area contributed by atoms with Gasteiger partial charge in [0, 0.05) is 23.5 Å². The predicted molar refractivity (Wildman–Crippen MR) is 96.3 cm³/mol. The van der Waals surface area contributed by atoms with Crippen LogP contribution in [0.4, 0.5) is 0 Å². The molecule has 1 N–H and O–H groups in total. The summed E-state index contributed by atoms with van der Waals surface area (Å²) in [7, 11) is 4.04. The van der Waals surface area contributed by atoms with E-state index in [0.717, 1.165) is 17.6 Å². The summed E-state index contributed by atoms with van der Waals surface area (Å²) in [6.45, 7) is 3.33. The highest BCUT2D eigenvalue weighted by molar-refractivity contribution is 7.10. The van der Waals surface area contributed by atoms with Crippen molar-refractivity contribution >= 4 is 28.3 Å². The van der Waals surface area contributed by atoms with E-state index in [0.29, 0.717) is 12.1 Å². The molecule has 1 aromatic carbocycles. The van der Waals surface area contributed by atoms with Crippen molar-refractivity contribution in [2.24, 2.45) is 0 Å². The maximum absolute atomic E-state index is 12.5. The molecule has 0 aliphatic heterocycles. The Morgan fingerprint density at radius 1 is 1.38 bits per heavy atom. The minimum absolute atomic E-state index is 0.0913. The van der Waals surface area contributed by atoms with E-state index in [4.69, 9.17) is 0 Å². The highest BCUT2D eigenvalue weighted by Gasteiger charge is 2.17. The van der Waals surface area contributed by atoms with Gasteiger partial charge in [0.25, 0.3) is 5.91 Å². The van der Waals surface area contributed by atoms with E-state index >= 15 is 0 Å². The Morgan fingerprint density at radius 2 is 2.21 bits per heavy atom. The molecule has 1 amide bonds. The molecule has 3 rings (SSSR count). The number of carbonyl (C=O) groups is 1.